The van der Waals surface area contributed by atoms with Crippen molar-refractivity contribution in [3.05, 3.63) is 23.8 Å². The Morgan fingerprint density at radius 2 is 2.24 bits per heavy atom. The van der Waals surface area contributed by atoms with Crippen LogP contribution in [0, 0.1) is 5.92 Å². The molecule has 114 valence electrons. The van der Waals surface area contributed by atoms with Crippen LogP contribution in [-0.2, 0) is 23.8 Å². The molecule has 3 aliphatic rings. The Labute approximate surface area is 123 Å². The molecule has 3 rings (SSSR count). The van der Waals surface area contributed by atoms with Gasteiger partial charge in [-0.2, -0.15) is 0 Å². The summed E-state index contributed by atoms with van der Waals surface area (Å²) in [5.41, 5.74) is 1.11. The fourth-order valence-corrected chi connectivity index (χ4v) is 3.42. The van der Waals surface area contributed by atoms with E-state index >= 15 is 0 Å². The van der Waals surface area contributed by atoms with Crippen molar-refractivity contribution in [2.75, 3.05) is 0 Å². The second-order valence-electron chi connectivity index (χ2n) is 6.38. The Bertz CT molecular complexity index is 549. The highest BCUT2D eigenvalue weighted by molar-refractivity contribution is 5.91. The summed E-state index contributed by atoms with van der Waals surface area (Å²) in [6.07, 6.45) is 2.57. The fraction of sp³-hybridized carbons (Fsp3) is 0.625. The quantitative estimate of drug-likeness (QED) is 0.320. The van der Waals surface area contributed by atoms with Crippen LogP contribution >= 0.6 is 0 Å². The van der Waals surface area contributed by atoms with Crippen LogP contribution in [0.1, 0.15) is 33.6 Å². The first-order valence-corrected chi connectivity index (χ1v) is 7.23. The number of carbonyl (C=O) groups is 2. The number of epoxide rings is 1. The average Bonchev–Trinajstić information content (AvgIpc) is 2.89. The molecule has 0 bridgehead atoms. The van der Waals surface area contributed by atoms with Crippen LogP contribution in [0.25, 0.3) is 0 Å². The molecule has 2 aliphatic heterocycles. The van der Waals surface area contributed by atoms with E-state index in [1.807, 2.05) is 19.9 Å². The van der Waals surface area contributed by atoms with Gasteiger partial charge in [-0.05, 0) is 31.9 Å². The third kappa shape index (κ3) is 2.50. The SMILES string of the molecule is C=C1C(=O)O[C@H]2/C(C)=C\[C@H](OC(C)=O)C[C@@]3(C)O[C@H]3C[C@H]12. The number of carbonyl (C=O) groups excluding carboxylic acids is 2. The van der Waals surface area contributed by atoms with Gasteiger partial charge in [0.15, 0.2) is 0 Å². The first kappa shape index (κ1) is 14.3. The lowest BCUT2D eigenvalue weighted by molar-refractivity contribution is -0.145. The lowest BCUT2D eigenvalue weighted by atomic mass is 9.87. The molecule has 0 aromatic heterocycles. The fourth-order valence-electron chi connectivity index (χ4n) is 3.42. The van der Waals surface area contributed by atoms with E-state index in [2.05, 4.69) is 6.58 Å². The molecule has 0 N–H and O–H groups in total. The highest BCUT2D eigenvalue weighted by Crippen LogP contribution is 2.49. The minimum Gasteiger partial charge on any atom is -0.458 e. The van der Waals surface area contributed by atoms with Crippen molar-refractivity contribution in [3.63, 3.8) is 0 Å². The smallest absolute Gasteiger partial charge is 0.334 e. The van der Waals surface area contributed by atoms with Crippen molar-refractivity contribution >= 4 is 11.9 Å². The highest BCUT2D eigenvalue weighted by Gasteiger charge is 2.57. The minimum atomic E-state index is -0.358. The molecule has 0 aromatic carbocycles. The van der Waals surface area contributed by atoms with Crippen LogP contribution in [0.3, 0.4) is 0 Å². The van der Waals surface area contributed by atoms with Crippen molar-refractivity contribution in [2.45, 2.75) is 57.5 Å². The van der Waals surface area contributed by atoms with Gasteiger partial charge in [-0.15, -0.1) is 0 Å². The molecule has 0 saturated carbocycles. The van der Waals surface area contributed by atoms with Crippen LogP contribution in [0.15, 0.2) is 23.8 Å². The Balaban J connectivity index is 1.92. The van der Waals surface area contributed by atoms with Gasteiger partial charge in [0.2, 0.25) is 0 Å². The van der Waals surface area contributed by atoms with Crippen LogP contribution in [0.5, 0.6) is 0 Å². The Morgan fingerprint density at radius 1 is 1.52 bits per heavy atom. The number of ether oxygens (including phenoxy) is 3. The molecular formula is C16H20O5. The summed E-state index contributed by atoms with van der Waals surface area (Å²) in [6, 6.07) is 0. The van der Waals surface area contributed by atoms with Gasteiger partial charge < -0.3 is 14.2 Å². The van der Waals surface area contributed by atoms with Gasteiger partial charge in [-0.25, -0.2) is 4.79 Å². The summed E-state index contributed by atoms with van der Waals surface area (Å²) in [5, 5.41) is 0. The molecule has 0 aromatic rings. The molecule has 5 atom stereocenters. The van der Waals surface area contributed by atoms with Gasteiger partial charge in [0.25, 0.3) is 0 Å². The van der Waals surface area contributed by atoms with Crippen molar-refractivity contribution in [1.29, 1.82) is 0 Å². The largest absolute Gasteiger partial charge is 0.458 e. The molecule has 2 heterocycles. The topological polar surface area (TPSA) is 65.1 Å². The van der Waals surface area contributed by atoms with Crippen LogP contribution in [-0.4, -0.2) is 35.9 Å². The van der Waals surface area contributed by atoms with E-state index in [9.17, 15) is 9.59 Å². The van der Waals surface area contributed by atoms with Gasteiger partial charge in [0.1, 0.15) is 12.2 Å². The van der Waals surface area contributed by atoms with E-state index in [1.165, 1.54) is 6.92 Å². The van der Waals surface area contributed by atoms with Crippen molar-refractivity contribution < 1.29 is 23.8 Å². The van der Waals surface area contributed by atoms with Crippen molar-refractivity contribution in [1.82, 2.24) is 0 Å². The lowest BCUT2D eigenvalue weighted by Crippen LogP contribution is -2.23. The van der Waals surface area contributed by atoms with Crippen molar-refractivity contribution in [2.24, 2.45) is 5.92 Å². The maximum atomic E-state index is 11.8. The normalized spacial score (nSPS) is 44.2. The molecule has 0 radical (unpaired) electrons. The summed E-state index contributed by atoms with van der Waals surface area (Å²) in [4.78, 5) is 23.0. The zero-order valence-electron chi connectivity index (χ0n) is 12.5. The summed E-state index contributed by atoms with van der Waals surface area (Å²) in [6.45, 7) is 9.16. The predicted molar refractivity (Wildman–Crippen MR) is 74.3 cm³/mol. The molecule has 5 nitrogen and oxygen atoms in total. The molecule has 0 spiro atoms. The Hall–Kier alpha value is -1.62. The monoisotopic (exact) mass is 292 g/mol. The van der Waals surface area contributed by atoms with Gasteiger partial charge in [0.05, 0.1) is 11.7 Å². The summed E-state index contributed by atoms with van der Waals surface area (Å²) >= 11 is 0. The lowest BCUT2D eigenvalue weighted by Gasteiger charge is -2.19. The number of hydrogen-bond acceptors (Lipinski definition) is 5. The highest BCUT2D eigenvalue weighted by atomic mass is 16.6. The molecule has 0 unspecified atom stereocenters. The zero-order chi connectivity index (χ0) is 15.4. The molecule has 21 heavy (non-hydrogen) atoms. The van der Waals surface area contributed by atoms with E-state index in [0.29, 0.717) is 18.4 Å². The zero-order valence-corrected chi connectivity index (χ0v) is 12.5. The first-order chi connectivity index (χ1) is 9.80. The predicted octanol–water partition coefficient (Wildman–Crippen LogP) is 1.91. The van der Waals surface area contributed by atoms with E-state index in [1.54, 1.807) is 0 Å². The molecule has 0 amide bonds. The standard InChI is InChI=1S/C16H20O5/c1-8-5-11(19-10(3)17)7-16(4)13(21-16)6-12-9(2)15(18)20-14(8)12/h5,11-14H,2,6-7H2,1,3-4H3/b8-5-/t11-,12+,13-,14-,16+/m0/s1. The third-order valence-electron chi connectivity index (χ3n) is 4.63. The maximum Gasteiger partial charge on any atom is 0.334 e. The van der Waals surface area contributed by atoms with Crippen molar-refractivity contribution in [3.8, 4) is 0 Å². The summed E-state index contributed by atoms with van der Waals surface area (Å²) in [7, 11) is 0. The summed E-state index contributed by atoms with van der Waals surface area (Å²) in [5.74, 6) is -0.727. The van der Waals surface area contributed by atoms with E-state index in [0.717, 1.165) is 5.57 Å². The molecule has 2 fully saturated rings. The maximum absolute atomic E-state index is 11.8. The molecule has 5 heteroatoms. The van der Waals surface area contributed by atoms with Gasteiger partial charge in [0, 0.05) is 24.8 Å². The van der Waals surface area contributed by atoms with Crippen LogP contribution in [0.4, 0.5) is 0 Å². The van der Waals surface area contributed by atoms with E-state index in [4.69, 9.17) is 14.2 Å². The second-order valence-corrected chi connectivity index (χ2v) is 6.38. The number of rotatable bonds is 1. The van der Waals surface area contributed by atoms with Crippen LogP contribution in [0.2, 0.25) is 0 Å². The first-order valence-electron chi connectivity index (χ1n) is 7.23. The van der Waals surface area contributed by atoms with E-state index in [-0.39, 0.29) is 41.8 Å². The molecular weight excluding hydrogens is 272 g/mol. The van der Waals surface area contributed by atoms with Gasteiger partial charge in [-0.1, -0.05) is 6.58 Å². The Morgan fingerprint density at radius 3 is 2.90 bits per heavy atom. The third-order valence-corrected chi connectivity index (χ3v) is 4.63. The number of hydrogen-bond donors (Lipinski definition) is 0. The number of fused-ring (bicyclic) bond motifs is 2. The number of esters is 2. The minimum absolute atomic E-state index is 0.0496. The second kappa shape index (κ2) is 4.70. The average molecular weight is 292 g/mol. The molecule has 1 aliphatic carbocycles. The summed E-state index contributed by atoms with van der Waals surface area (Å²) < 4.78 is 16.6. The van der Waals surface area contributed by atoms with E-state index < -0.39 is 0 Å². The molecule has 2 saturated heterocycles. The van der Waals surface area contributed by atoms with Gasteiger partial charge >= 0.3 is 11.9 Å². The van der Waals surface area contributed by atoms with Gasteiger partial charge in [-0.3, -0.25) is 4.79 Å². The van der Waals surface area contributed by atoms with Crippen LogP contribution < -0.4 is 0 Å². The Kier molecular flexibility index (Phi) is 3.20.